The molecule has 0 heterocycles. The molecule has 1 unspecified atom stereocenters. The number of hydrogen-bond donors (Lipinski definition) is 1. The SMILES string of the molecule is COc1ccc(OCC(=O)N(Cc2c(Cl)cccc2Cl)C(Cc2ccccc2)C(=O)NC2CCCCC2)cc1. The molecule has 1 aliphatic carbocycles. The molecular formula is C31H34Cl2N2O4. The first-order chi connectivity index (χ1) is 18.9. The fourth-order valence-corrected chi connectivity index (χ4v) is 5.37. The van der Waals surface area contributed by atoms with Crippen molar-refractivity contribution in [3.8, 4) is 11.5 Å². The van der Waals surface area contributed by atoms with Gasteiger partial charge in [0, 0.05) is 34.6 Å². The average Bonchev–Trinajstić information content (AvgIpc) is 2.96. The maximum absolute atomic E-state index is 13.8. The number of ether oxygens (including phenoxy) is 2. The van der Waals surface area contributed by atoms with Gasteiger partial charge in [-0.25, -0.2) is 0 Å². The molecule has 39 heavy (non-hydrogen) atoms. The Morgan fingerprint density at radius 3 is 2.18 bits per heavy atom. The summed E-state index contributed by atoms with van der Waals surface area (Å²) in [4.78, 5) is 29.2. The van der Waals surface area contributed by atoms with Crippen molar-refractivity contribution in [3.63, 3.8) is 0 Å². The van der Waals surface area contributed by atoms with E-state index in [0.717, 1.165) is 31.2 Å². The molecule has 1 saturated carbocycles. The van der Waals surface area contributed by atoms with Crippen LogP contribution in [0.4, 0.5) is 0 Å². The van der Waals surface area contributed by atoms with E-state index in [-0.39, 0.29) is 31.0 Å². The van der Waals surface area contributed by atoms with E-state index in [1.165, 1.54) is 6.42 Å². The smallest absolute Gasteiger partial charge is 0.261 e. The molecule has 0 radical (unpaired) electrons. The van der Waals surface area contributed by atoms with Crippen LogP contribution < -0.4 is 14.8 Å². The van der Waals surface area contributed by atoms with Crippen LogP contribution in [0.5, 0.6) is 11.5 Å². The van der Waals surface area contributed by atoms with Gasteiger partial charge in [0.2, 0.25) is 5.91 Å². The largest absolute Gasteiger partial charge is 0.497 e. The standard InChI is InChI=1S/C31H34Cl2N2O4/c1-38-24-15-17-25(18-16-24)39-21-30(36)35(20-26-27(32)13-8-14-28(26)33)29(19-22-9-4-2-5-10-22)31(37)34-23-11-6-3-7-12-23/h2,4-5,8-10,13-18,23,29H,3,6-7,11-12,19-21H2,1H3,(H,34,37). The fraction of sp³-hybridized carbons (Fsp3) is 0.355. The molecule has 206 valence electrons. The topological polar surface area (TPSA) is 67.9 Å². The van der Waals surface area contributed by atoms with E-state index in [0.29, 0.717) is 33.5 Å². The molecule has 1 aliphatic rings. The molecular weight excluding hydrogens is 535 g/mol. The van der Waals surface area contributed by atoms with Crippen LogP contribution in [0.3, 0.4) is 0 Å². The number of methoxy groups -OCH3 is 1. The number of hydrogen-bond acceptors (Lipinski definition) is 4. The Morgan fingerprint density at radius 2 is 1.54 bits per heavy atom. The first-order valence-electron chi connectivity index (χ1n) is 13.3. The summed E-state index contributed by atoms with van der Waals surface area (Å²) in [6.45, 7) is -0.185. The Labute approximate surface area is 240 Å². The molecule has 0 aromatic heterocycles. The Bertz CT molecular complexity index is 1210. The normalized spacial score (nSPS) is 14.3. The summed E-state index contributed by atoms with van der Waals surface area (Å²) in [6.07, 6.45) is 5.57. The van der Waals surface area contributed by atoms with Crippen LogP contribution in [0.2, 0.25) is 10.0 Å². The van der Waals surface area contributed by atoms with E-state index in [9.17, 15) is 9.59 Å². The zero-order chi connectivity index (χ0) is 27.6. The van der Waals surface area contributed by atoms with Gasteiger partial charge in [-0.05, 0) is 54.8 Å². The van der Waals surface area contributed by atoms with Gasteiger partial charge in [-0.2, -0.15) is 0 Å². The first kappa shape index (κ1) is 28.8. The molecule has 2 amide bonds. The van der Waals surface area contributed by atoms with E-state index in [1.54, 1.807) is 54.5 Å². The van der Waals surface area contributed by atoms with Crippen molar-refractivity contribution in [1.82, 2.24) is 10.2 Å². The zero-order valence-electron chi connectivity index (χ0n) is 22.1. The second-order valence-electron chi connectivity index (χ2n) is 9.74. The summed E-state index contributed by atoms with van der Waals surface area (Å²) in [5.74, 6) is 0.672. The minimum atomic E-state index is -0.784. The molecule has 1 N–H and O–H groups in total. The van der Waals surface area contributed by atoms with Crippen molar-refractivity contribution in [2.45, 2.75) is 57.2 Å². The number of nitrogens with zero attached hydrogens (tertiary/aromatic N) is 1. The Balaban J connectivity index is 1.63. The third-order valence-electron chi connectivity index (χ3n) is 7.03. The van der Waals surface area contributed by atoms with Gasteiger partial charge in [-0.3, -0.25) is 9.59 Å². The number of carbonyl (C=O) groups is 2. The highest BCUT2D eigenvalue weighted by Gasteiger charge is 2.33. The highest BCUT2D eigenvalue weighted by atomic mass is 35.5. The number of halogens is 2. The van der Waals surface area contributed by atoms with E-state index >= 15 is 0 Å². The molecule has 3 aromatic rings. The molecule has 6 nitrogen and oxygen atoms in total. The monoisotopic (exact) mass is 568 g/mol. The maximum Gasteiger partial charge on any atom is 0.261 e. The Kier molecular flexibility index (Phi) is 10.5. The van der Waals surface area contributed by atoms with Crippen LogP contribution in [0.15, 0.2) is 72.8 Å². The number of amides is 2. The molecule has 1 atom stereocenters. The van der Waals surface area contributed by atoms with Crippen LogP contribution in [-0.2, 0) is 22.6 Å². The summed E-state index contributed by atoms with van der Waals surface area (Å²) in [7, 11) is 1.59. The maximum atomic E-state index is 13.8. The average molecular weight is 570 g/mol. The summed E-state index contributed by atoms with van der Waals surface area (Å²) < 4.78 is 11.0. The molecule has 0 saturated heterocycles. The molecule has 4 rings (SSSR count). The molecule has 0 aliphatic heterocycles. The quantitative estimate of drug-likeness (QED) is 0.288. The lowest BCUT2D eigenvalue weighted by Gasteiger charge is -2.33. The van der Waals surface area contributed by atoms with Crippen LogP contribution in [0, 0.1) is 0 Å². The van der Waals surface area contributed by atoms with E-state index in [4.69, 9.17) is 32.7 Å². The van der Waals surface area contributed by atoms with E-state index < -0.39 is 6.04 Å². The van der Waals surface area contributed by atoms with Gasteiger partial charge in [0.15, 0.2) is 6.61 Å². The summed E-state index contributed by atoms with van der Waals surface area (Å²) in [5.41, 5.74) is 1.53. The highest BCUT2D eigenvalue weighted by molar-refractivity contribution is 6.36. The van der Waals surface area contributed by atoms with Gasteiger partial charge in [-0.15, -0.1) is 0 Å². The summed E-state index contributed by atoms with van der Waals surface area (Å²) >= 11 is 13.0. The van der Waals surface area contributed by atoms with E-state index in [2.05, 4.69) is 5.32 Å². The predicted molar refractivity (Wildman–Crippen MR) is 154 cm³/mol. The van der Waals surface area contributed by atoms with Crippen molar-refractivity contribution >= 4 is 35.0 Å². The van der Waals surface area contributed by atoms with Gasteiger partial charge in [0.25, 0.3) is 5.91 Å². The van der Waals surface area contributed by atoms with Gasteiger partial charge < -0.3 is 19.7 Å². The highest BCUT2D eigenvalue weighted by Crippen LogP contribution is 2.28. The lowest BCUT2D eigenvalue weighted by atomic mass is 9.94. The van der Waals surface area contributed by atoms with Crippen molar-refractivity contribution in [2.75, 3.05) is 13.7 Å². The summed E-state index contributed by atoms with van der Waals surface area (Å²) in [5, 5.41) is 4.09. The number of rotatable bonds is 11. The second kappa shape index (κ2) is 14.2. The molecule has 0 bridgehead atoms. The van der Waals surface area contributed by atoms with Crippen molar-refractivity contribution in [1.29, 1.82) is 0 Å². The van der Waals surface area contributed by atoms with Gasteiger partial charge in [0.1, 0.15) is 17.5 Å². The zero-order valence-corrected chi connectivity index (χ0v) is 23.6. The lowest BCUT2D eigenvalue weighted by molar-refractivity contribution is -0.143. The minimum Gasteiger partial charge on any atom is -0.497 e. The van der Waals surface area contributed by atoms with Gasteiger partial charge in [0.05, 0.1) is 7.11 Å². The summed E-state index contributed by atoms with van der Waals surface area (Å²) in [6, 6.07) is 21.2. The second-order valence-corrected chi connectivity index (χ2v) is 10.5. The third kappa shape index (κ3) is 8.13. The number of benzene rings is 3. The van der Waals surface area contributed by atoms with Crippen molar-refractivity contribution < 1.29 is 19.1 Å². The van der Waals surface area contributed by atoms with Crippen LogP contribution >= 0.6 is 23.2 Å². The molecule has 1 fully saturated rings. The predicted octanol–water partition coefficient (Wildman–Crippen LogP) is 6.47. The van der Waals surface area contributed by atoms with Crippen LogP contribution in [-0.4, -0.2) is 42.5 Å². The van der Waals surface area contributed by atoms with Crippen LogP contribution in [0.1, 0.15) is 43.2 Å². The van der Waals surface area contributed by atoms with Crippen LogP contribution in [0.25, 0.3) is 0 Å². The van der Waals surface area contributed by atoms with Crippen molar-refractivity contribution in [3.05, 3.63) is 94.0 Å². The molecule has 0 spiro atoms. The first-order valence-corrected chi connectivity index (χ1v) is 14.0. The lowest BCUT2D eigenvalue weighted by Crippen LogP contribution is -2.53. The molecule has 3 aromatic carbocycles. The number of nitrogens with one attached hydrogen (secondary N) is 1. The minimum absolute atomic E-state index is 0.0684. The molecule has 8 heteroatoms. The van der Waals surface area contributed by atoms with Gasteiger partial charge >= 0.3 is 0 Å². The van der Waals surface area contributed by atoms with Gasteiger partial charge in [-0.1, -0.05) is 78.9 Å². The fourth-order valence-electron chi connectivity index (χ4n) is 4.85. The Hall–Kier alpha value is -3.22. The van der Waals surface area contributed by atoms with Crippen molar-refractivity contribution in [2.24, 2.45) is 0 Å². The number of carbonyl (C=O) groups excluding carboxylic acids is 2. The third-order valence-corrected chi connectivity index (χ3v) is 7.74. The van der Waals surface area contributed by atoms with E-state index in [1.807, 2.05) is 30.3 Å². The Morgan fingerprint density at radius 1 is 0.897 bits per heavy atom.